The molecule has 0 aromatic heterocycles. The van der Waals surface area contributed by atoms with Crippen molar-refractivity contribution in [2.24, 2.45) is 11.8 Å². The van der Waals surface area contributed by atoms with E-state index < -0.39 is 17.4 Å². The van der Waals surface area contributed by atoms with E-state index in [4.69, 9.17) is 9.47 Å². The average Bonchev–Trinajstić information content (AvgIpc) is 3.30. The van der Waals surface area contributed by atoms with E-state index in [2.05, 4.69) is 6.58 Å². The van der Waals surface area contributed by atoms with Crippen molar-refractivity contribution in [1.29, 1.82) is 0 Å². The molecule has 3 heterocycles. The van der Waals surface area contributed by atoms with E-state index in [1.807, 2.05) is 36.4 Å². The monoisotopic (exact) mass is 368 g/mol. The van der Waals surface area contributed by atoms with Gasteiger partial charge < -0.3 is 19.3 Å². The molecule has 6 nitrogen and oxygen atoms in total. The molecule has 0 unspecified atom stereocenters. The smallest absolute Gasteiger partial charge is 0.230 e. The summed E-state index contributed by atoms with van der Waals surface area (Å²) in [5, 5.41) is 0. The predicted molar refractivity (Wildman–Crippen MR) is 100.0 cm³/mol. The first-order chi connectivity index (χ1) is 13.0. The first kappa shape index (κ1) is 17.8. The van der Waals surface area contributed by atoms with Gasteiger partial charge in [-0.05, 0) is 17.7 Å². The van der Waals surface area contributed by atoms with E-state index in [0.29, 0.717) is 19.6 Å². The molecule has 1 aromatic carbocycles. The van der Waals surface area contributed by atoms with Gasteiger partial charge in [0.2, 0.25) is 11.8 Å². The van der Waals surface area contributed by atoms with Gasteiger partial charge in [-0.1, -0.05) is 30.4 Å². The van der Waals surface area contributed by atoms with Crippen LogP contribution < -0.4 is 4.74 Å². The van der Waals surface area contributed by atoms with E-state index in [-0.39, 0.29) is 17.9 Å². The molecule has 3 aliphatic heterocycles. The molecule has 2 bridgehead atoms. The maximum atomic E-state index is 13.2. The first-order valence-electron chi connectivity index (χ1n) is 9.14. The summed E-state index contributed by atoms with van der Waals surface area (Å²) in [7, 11) is 3.36. The van der Waals surface area contributed by atoms with Gasteiger partial charge in [-0.3, -0.25) is 9.59 Å². The highest BCUT2D eigenvalue weighted by Crippen LogP contribution is 2.52. The van der Waals surface area contributed by atoms with Crippen LogP contribution in [0.5, 0.6) is 5.75 Å². The van der Waals surface area contributed by atoms with Crippen LogP contribution in [0, 0.1) is 11.8 Å². The van der Waals surface area contributed by atoms with E-state index in [0.717, 1.165) is 11.3 Å². The van der Waals surface area contributed by atoms with E-state index >= 15 is 0 Å². The van der Waals surface area contributed by atoms with Crippen LogP contribution in [0.4, 0.5) is 0 Å². The van der Waals surface area contributed by atoms with Crippen molar-refractivity contribution in [3.05, 3.63) is 54.6 Å². The largest absolute Gasteiger partial charge is 0.497 e. The van der Waals surface area contributed by atoms with Crippen LogP contribution >= 0.6 is 0 Å². The van der Waals surface area contributed by atoms with Crippen molar-refractivity contribution in [1.82, 2.24) is 9.80 Å². The third kappa shape index (κ3) is 2.75. The molecule has 27 heavy (non-hydrogen) atoms. The van der Waals surface area contributed by atoms with Gasteiger partial charge >= 0.3 is 0 Å². The number of likely N-dealkylation sites (N-methyl/N-ethyl adjacent to an activating group) is 1. The molecule has 0 saturated carbocycles. The lowest BCUT2D eigenvalue weighted by Crippen LogP contribution is -2.44. The Balaban J connectivity index is 1.57. The highest BCUT2D eigenvalue weighted by atomic mass is 16.5. The van der Waals surface area contributed by atoms with Crippen LogP contribution in [-0.2, 0) is 20.9 Å². The van der Waals surface area contributed by atoms with Crippen molar-refractivity contribution >= 4 is 11.8 Å². The van der Waals surface area contributed by atoms with Crippen molar-refractivity contribution in [2.75, 3.05) is 27.2 Å². The topological polar surface area (TPSA) is 59.1 Å². The summed E-state index contributed by atoms with van der Waals surface area (Å²) in [6.07, 6.45) is 5.27. The fraction of sp³-hybridized carbons (Fsp3) is 0.429. The van der Waals surface area contributed by atoms with Crippen LogP contribution in [0.15, 0.2) is 49.1 Å². The molecule has 2 fully saturated rings. The quantitative estimate of drug-likeness (QED) is 0.716. The fourth-order valence-electron chi connectivity index (χ4n) is 4.52. The molecule has 0 N–H and O–H groups in total. The van der Waals surface area contributed by atoms with E-state index in [1.165, 1.54) is 0 Å². The number of methoxy groups -OCH3 is 1. The number of likely N-dealkylation sites (tertiary alicyclic amines) is 1. The average molecular weight is 368 g/mol. The number of benzene rings is 1. The van der Waals surface area contributed by atoms with E-state index in [1.54, 1.807) is 30.0 Å². The number of amides is 2. The summed E-state index contributed by atoms with van der Waals surface area (Å²) in [6, 6.07) is 7.68. The van der Waals surface area contributed by atoms with Crippen LogP contribution in [-0.4, -0.2) is 60.6 Å². The molecule has 142 valence electrons. The lowest BCUT2D eigenvalue weighted by Gasteiger charge is -2.27. The molecular weight excluding hydrogens is 344 g/mol. The van der Waals surface area contributed by atoms with Gasteiger partial charge in [0.05, 0.1) is 31.6 Å². The number of fused-ring (bicyclic) bond motifs is 1. The van der Waals surface area contributed by atoms with Crippen molar-refractivity contribution < 1.29 is 19.1 Å². The minimum Gasteiger partial charge on any atom is -0.497 e. The molecule has 4 atom stereocenters. The highest BCUT2D eigenvalue weighted by Gasteiger charge is 2.66. The fourth-order valence-corrected chi connectivity index (χ4v) is 4.52. The first-order valence-corrected chi connectivity index (χ1v) is 9.14. The summed E-state index contributed by atoms with van der Waals surface area (Å²) in [6.45, 7) is 5.08. The van der Waals surface area contributed by atoms with Crippen molar-refractivity contribution in [2.45, 2.75) is 18.2 Å². The van der Waals surface area contributed by atoms with Gasteiger partial charge in [0, 0.05) is 20.1 Å². The molecule has 3 aliphatic rings. The number of nitrogens with zero attached hydrogens (tertiary/aromatic N) is 2. The third-order valence-electron chi connectivity index (χ3n) is 5.75. The molecule has 0 radical (unpaired) electrons. The molecule has 6 heteroatoms. The Morgan fingerprint density at radius 1 is 1.52 bits per heavy atom. The minimum atomic E-state index is -0.685. The van der Waals surface area contributed by atoms with E-state index in [9.17, 15) is 9.59 Å². The Labute approximate surface area is 159 Å². The Bertz CT molecular complexity index is 820. The molecule has 4 rings (SSSR count). The number of ether oxygens (including phenoxy) is 2. The normalized spacial score (nSPS) is 30.5. The molecular formula is C21H24N2O4. The Morgan fingerprint density at radius 3 is 3.07 bits per heavy atom. The Kier molecular flexibility index (Phi) is 4.30. The summed E-state index contributed by atoms with van der Waals surface area (Å²) in [4.78, 5) is 29.6. The maximum Gasteiger partial charge on any atom is 0.230 e. The zero-order valence-corrected chi connectivity index (χ0v) is 15.6. The van der Waals surface area contributed by atoms with Crippen molar-refractivity contribution in [3.8, 4) is 5.75 Å². The van der Waals surface area contributed by atoms with Gasteiger partial charge in [0.15, 0.2) is 0 Å². The second kappa shape index (κ2) is 6.53. The standard InChI is InChI=1S/C21H24N2O4/c1-4-10-22(2)19(24)17-16-8-9-21(27-16)13-23(20(25)18(17)21)12-14-6-5-7-15(11-14)26-3/h4-9,11,16-18H,1,10,12-13H2,2-3H3/t16-,17-,18+,21-/m0/s1. The van der Waals surface area contributed by atoms with Gasteiger partial charge in [-0.25, -0.2) is 0 Å². The third-order valence-corrected chi connectivity index (χ3v) is 5.75. The lowest BCUT2D eigenvalue weighted by atomic mass is 9.76. The number of carbonyl (C=O) groups excluding carboxylic acids is 2. The van der Waals surface area contributed by atoms with Gasteiger partial charge in [-0.15, -0.1) is 6.58 Å². The van der Waals surface area contributed by atoms with Crippen LogP contribution in [0.25, 0.3) is 0 Å². The minimum absolute atomic E-state index is 0.0185. The van der Waals surface area contributed by atoms with Crippen LogP contribution in [0.2, 0.25) is 0 Å². The molecule has 1 spiro atoms. The lowest BCUT2D eigenvalue weighted by molar-refractivity contribution is -0.142. The second-order valence-corrected chi connectivity index (χ2v) is 7.45. The number of hydrogen-bond donors (Lipinski definition) is 0. The number of hydrogen-bond acceptors (Lipinski definition) is 4. The highest BCUT2D eigenvalue weighted by molar-refractivity contribution is 5.93. The molecule has 2 amide bonds. The summed E-state index contributed by atoms with van der Waals surface area (Å²) in [5.74, 6) is -0.253. The summed E-state index contributed by atoms with van der Waals surface area (Å²) < 4.78 is 11.4. The van der Waals surface area contributed by atoms with Gasteiger partial charge in [0.25, 0.3) is 0 Å². The zero-order valence-electron chi connectivity index (χ0n) is 15.6. The molecule has 0 aliphatic carbocycles. The molecule has 1 aromatic rings. The van der Waals surface area contributed by atoms with Gasteiger partial charge in [0.1, 0.15) is 11.4 Å². The Hall–Kier alpha value is -2.60. The summed E-state index contributed by atoms with van der Waals surface area (Å²) in [5.41, 5.74) is 0.305. The maximum absolute atomic E-state index is 13.2. The zero-order chi connectivity index (χ0) is 19.2. The SMILES string of the molecule is C=CCN(C)C(=O)[C@H]1[C@@H]2C=C[C@@]3(CN(Cc4cccc(OC)c4)C(=O)[C@@H]13)O2. The Morgan fingerprint density at radius 2 is 2.33 bits per heavy atom. The van der Waals surface area contributed by atoms with Gasteiger partial charge in [-0.2, -0.15) is 0 Å². The summed E-state index contributed by atoms with van der Waals surface area (Å²) >= 11 is 0. The van der Waals surface area contributed by atoms with Crippen molar-refractivity contribution in [3.63, 3.8) is 0 Å². The number of carbonyl (C=O) groups is 2. The van der Waals surface area contributed by atoms with Crippen LogP contribution in [0.1, 0.15) is 5.56 Å². The number of rotatable bonds is 6. The van der Waals surface area contributed by atoms with Crippen LogP contribution in [0.3, 0.4) is 0 Å². The molecule has 2 saturated heterocycles. The second-order valence-electron chi connectivity index (χ2n) is 7.45. The predicted octanol–water partition coefficient (Wildman–Crippen LogP) is 1.62.